The molecule has 2 heteroatoms. The Kier molecular flexibility index (Phi) is 4.21. The summed E-state index contributed by atoms with van der Waals surface area (Å²) in [7, 11) is 0. The van der Waals surface area contributed by atoms with Crippen molar-refractivity contribution in [1.29, 1.82) is 0 Å². The predicted molar refractivity (Wildman–Crippen MR) is 43.5 cm³/mol. The molecule has 1 aliphatic rings. The fraction of sp³-hybridized carbons (Fsp3) is 0.889. The molecule has 0 aromatic carbocycles. The monoisotopic (exact) mass is 156 g/mol. The van der Waals surface area contributed by atoms with E-state index in [0.29, 0.717) is 12.5 Å². The maximum atomic E-state index is 9.95. The molecule has 2 nitrogen and oxygen atoms in total. The Bertz CT molecular complexity index is 106. The number of carbonyl (C=O) groups excluding carboxylic acids is 1. The van der Waals surface area contributed by atoms with E-state index < -0.39 is 0 Å². The van der Waals surface area contributed by atoms with Crippen molar-refractivity contribution in [2.24, 2.45) is 0 Å². The van der Waals surface area contributed by atoms with Gasteiger partial charge in [-0.3, -0.25) is 0 Å². The molecule has 0 amide bonds. The highest BCUT2D eigenvalue weighted by Gasteiger charge is 2.14. The van der Waals surface area contributed by atoms with Crippen molar-refractivity contribution in [3.05, 3.63) is 0 Å². The Morgan fingerprint density at radius 1 is 1.36 bits per heavy atom. The molecule has 0 heterocycles. The van der Waals surface area contributed by atoms with E-state index in [0.717, 1.165) is 19.3 Å². The molecule has 0 radical (unpaired) electrons. The first kappa shape index (κ1) is 8.72. The highest BCUT2D eigenvalue weighted by molar-refractivity contribution is 5.48. The van der Waals surface area contributed by atoms with Gasteiger partial charge in [0.05, 0.1) is 6.10 Å². The lowest BCUT2D eigenvalue weighted by molar-refractivity contribution is -0.108. The van der Waals surface area contributed by atoms with Gasteiger partial charge in [0.25, 0.3) is 0 Å². The maximum Gasteiger partial charge on any atom is 0.120 e. The van der Waals surface area contributed by atoms with Gasteiger partial charge in [-0.15, -0.1) is 0 Å². The average Bonchev–Trinajstić information content (AvgIpc) is 2.50. The lowest BCUT2D eigenvalue weighted by Crippen LogP contribution is -2.08. The van der Waals surface area contributed by atoms with Crippen LogP contribution in [0.4, 0.5) is 0 Å². The Labute approximate surface area is 67.9 Å². The Balaban J connectivity index is 1.89. The third-order valence-corrected chi connectivity index (χ3v) is 2.12. The van der Waals surface area contributed by atoms with E-state index in [1.54, 1.807) is 0 Å². The summed E-state index contributed by atoms with van der Waals surface area (Å²) in [6.07, 6.45) is 8.07. The molecule has 0 bridgehead atoms. The lowest BCUT2D eigenvalue weighted by Gasteiger charge is -2.09. The molecule has 1 fully saturated rings. The zero-order valence-electron chi connectivity index (χ0n) is 6.92. The molecule has 0 N–H and O–H groups in total. The number of rotatable bonds is 5. The Morgan fingerprint density at radius 2 is 2.09 bits per heavy atom. The highest BCUT2D eigenvalue weighted by atomic mass is 16.5. The fourth-order valence-corrected chi connectivity index (χ4v) is 1.47. The number of hydrogen-bond donors (Lipinski definition) is 0. The zero-order chi connectivity index (χ0) is 7.94. The maximum absolute atomic E-state index is 9.95. The number of ether oxygens (including phenoxy) is 1. The first-order valence-corrected chi connectivity index (χ1v) is 4.48. The topological polar surface area (TPSA) is 26.3 Å². The molecular weight excluding hydrogens is 140 g/mol. The molecule has 0 unspecified atom stereocenters. The van der Waals surface area contributed by atoms with Gasteiger partial charge in [-0.25, -0.2) is 0 Å². The van der Waals surface area contributed by atoms with E-state index in [9.17, 15) is 4.79 Å². The van der Waals surface area contributed by atoms with Crippen molar-refractivity contribution >= 4 is 6.29 Å². The van der Waals surface area contributed by atoms with Crippen LogP contribution >= 0.6 is 0 Å². The molecule has 0 spiro atoms. The fourth-order valence-electron chi connectivity index (χ4n) is 1.47. The van der Waals surface area contributed by atoms with Crippen LogP contribution in [0.3, 0.4) is 0 Å². The van der Waals surface area contributed by atoms with Crippen molar-refractivity contribution in [3.8, 4) is 0 Å². The number of hydrogen-bond acceptors (Lipinski definition) is 2. The number of carbonyl (C=O) groups is 1. The minimum atomic E-state index is 0.502. The third kappa shape index (κ3) is 3.51. The second-order valence-electron chi connectivity index (χ2n) is 3.09. The molecule has 0 aliphatic heterocycles. The van der Waals surface area contributed by atoms with Gasteiger partial charge in [0.1, 0.15) is 6.29 Å². The summed E-state index contributed by atoms with van der Waals surface area (Å²) in [5.74, 6) is 0. The van der Waals surface area contributed by atoms with Gasteiger partial charge in [0, 0.05) is 13.0 Å². The van der Waals surface area contributed by atoms with Gasteiger partial charge in [-0.05, 0) is 19.3 Å². The quantitative estimate of drug-likeness (QED) is 0.449. The molecule has 0 saturated heterocycles. The van der Waals surface area contributed by atoms with Crippen molar-refractivity contribution in [1.82, 2.24) is 0 Å². The van der Waals surface area contributed by atoms with Crippen LogP contribution in [-0.4, -0.2) is 19.0 Å². The van der Waals surface area contributed by atoms with Crippen LogP contribution in [0.25, 0.3) is 0 Å². The molecule has 0 aromatic rings. The summed E-state index contributed by atoms with van der Waals surface area (Å²) < 4.78 is 5.55. The Morgan fingerprint density at radius 3 is 2.73 bits per heavy atom. The molecule has 64 valence electrons. The third-order valence-electron chi connectivity index (χ3n) is 2.12. The zero-order valence-corrected chi connectivity index (χ0v) is 6.92. The van der Waals surface area contributed by atoms with E-state index in [1.165, 1.54) is 25.7 Å². The molecule has 11 heavy (non-hydrogen) atoms. The van der Waals surface area contributed by atoms with E-state index in [2.05, 4.69) is 0 Å². The van der Waals surface area contributed by atoms with Crippen LogP contribution in [0.1, 0.15) is 38.5 Å². The average molecular weight is 156 g/mol. The summed E-state index contributed by atoms with van der Waals surface area (Å²) in [6, 6.07) is 0. The summed E-state index contributed by atoms with van der Waals surface area (Å²) in [5, 5.41) is 0. The van der Waals surface area contributed by atoms with E-state index in [1.807, 2.05) is 0 Å². The Hall–Kier alpha value is -0.370. The molecular formula is C9H16O2. The minimum Gasteiger partial charge on any atom is -0.378 e. The summed E-state index contributed by atoms with van der Waals surface area (Å²) in [4.78, 5) is 9.95. The summed E-state index contributed by atoms with van der Waals surface area (Å²) in [6.45, 7) is 0.767. The highest BCUT2D eigenvalue weighted by Crippen LogP contribution is 2.20. The molecule has 1 saturated carbocycles. The van der Waals surface area contributed by atoms with Crippen molar-refractivity contribution in [3.63, 3.8) is 0 Å². The van der Waals surface area contributed by atoms with E-state index in [-0.39, 0.29) is 0 Å². The van der Waals surface area contributed by atoms with Gasteiger partial charge in [-0.1, -0.05) is 12.8 Å². The van der Waals surface area contributed by atoms with Crippen LogP contribution < -0.4 is 0 Å². The van der Waals surface area contributed by atoms with E-state index in [4.69, 9.17) is 4.74 Å². The first-order valence-electron chi connectivity index (χ1n) is 4.48. The smallest absolute Gasteiger partial charge is 0.120 e. The summed E-state index contributed by atoms with van der Waals surface area (Å²) >= 11 is 0. The second-order valence-corrected chi connectivity index (χ2v) is 3.09. The standard InChI is InChI=1S/C9H16O2/c10-7-3-4-8-11-9-5-1-2-6-9/h7,9H,1-6,8H2. The van der Waals surface area contributed by atoms with Crippen molar-refractivity contribution in [2.75, 3.05) is 6.61 Å². The van der Waals surface area contributed by atoms with Crippen molar-refractivity contribution < 1.29 is 9.53 Å². The van der Waals surface area contributed by atoms with Crippen LogP contribution in [-0.2, 0) is 9.53 Å². The van der Waals surface area contributed by atoms with Gasteiger partial charge in [-0.2, -0.15) is 0 Å². The second kappa shape index (κ2) is 5.30. The predicted octanol–water partition coefficient (Wildman–Crippen LogP) is 1.92. The van der Waals surface area contributed by atoms with Gasteiger partial charge in [0.2, 0.25) is 0 Å². The number of unbranched alkanes of at least 4 members (excludes halogenated alkanes) is 1. The number of aldehydes is 1. The molecule has 0 atom stereocenters. The summed E-state index contributed by atoms with van der Waals surface area (Å²) in [5.41, 5.74) is 0. The van der Waals surface area contributed by atoms with Gasteiger partial charge >= 0.3 is 0 Å². The molecule has 1 aliphatic carbocycles. The van der Waals surface area contributed by atoms with Crippen LogP contribution in [0, 0.1) is 0 Å². The van der Waals surface area contributed by atoms with E-state index >= 15 is 0 Å². The largest absolute Gasteiger partial charge is 0.378 e. The first-order chi connectivity index (χ1) is 5.43. The molecule has 1 rings (SSSR count). The normalized spacial score (nSPS) is 18.9. The van der Waals surface area contributed by atoms with Gasteiger partial charge < -0.3 is 9.53 Å². The minimum absolute atomic E-state index is 0.502. The van der Waals surface area contributed by atoms with Crippen molar-refractivity contribution in [2.45, 2.75) is 44.6 Å². The van der Waals surface area contributed by atoms with Crippen LogP contribution in [0.2, 0.25) is 0 Å². The molecule has 0 aromatic heterocycles. The van der Waals surface area contributed by atoms with Crippen LogP contribution in [0.5, 0.6) is 0 Å². The SMILES string of the molecule is O=CCCCOC1CCCC1. The van der Waals surface area contributed by atoms with Crippen LogP contribution in [0.15, 0.2) is 0 Å². The van der Waals surface area contributed by atoms with Gasteiger partial charge in [0.15, 0.2) is 0 Å². The lowest BCUT2D eigenvalue weighted by atomic mass is 10.3.